The van der Waals surface area contributed by atoms with Crippen LogP contribution in [0, 0.1) is 0 Å². The summed E-state index contributed by atoms with van der Waals surface area (Å²) in [7, 11) is 0. The van der Waals surface area contributed by atoms with Crippen molar-refractivity contribution in [3.8, 4) is 0 Å². The summed E-state index contributed by atoms with van der Waals surface area (Å²) in [5.41, 5.74) is 2.91. The number of rotatable bonds is 5. The fraction of sp³-hybridized carbons (Fsp3) is 0.500. The van der Waals surface area contributed by atoms with Crippen LogP contribution in [0.2, 0.25) is 0 Å². The highest BCUT2D eigenvalue weighted by atomic mass is 19.4. The number of nitrogens with two attached hydrogens (primary N) is 1. The molecule has 2 nitrogen and oxygen atoms in total. The van der Waals surface area contributed by atoms with E-state index in [9.17, 15) is 13.2 Å². The molecule has 1 unspecified atom stereocenters. The normalized spacial score (nSPS) is 13.7. The summed E-state index contributed by atoms with van der Waals surface area (Å²) in [6, 6.07) is 5.33. The number of benzene rings is 1. The summed E-state index contributed by atoms with van der Waals surface area (Å²) >= 11 is 0. The largest absolute Gasteiger partial charge is 0.416 e. The van der Waals surface area contributed by atoms with Crippen molar-refractivity contribution >= 4 is 0 Å². The Bertz CT molecular complexity index is 333. The lowest BCUT2D eigenvalue weighted by atomic mass is 10.0. The van der Waals surface area contributed by atoms with Gasteiger partial charge in [-0.2, -0.15) is 13.2 Å². The Hall–Kier alpha value is -1.07. The van der Waals surface area contributed by atoms with Gasteiger partial charge >= 0.3 is 6.18 Å². The van der Waals surface area contributed by atoms with Gasteiger partial charge in [-0.15, -0.1) is 0 Å². The van der Waals surface area contributed by atoms with Crippen molar-refractivity contribution in [1.29, 1.82) is 0 Å². The molecule has 0 saturated carbocycles. The van der Waals surface area contributed by atoms with E-state index in [1.165, 1.54) is 12.1 Å². The number of hydrogen-bond donors (Lipinski definition) is 2. The molecule has 3 N–H and O–H groups in total. The topological polar surface area (TPSA) is 38.0 Å². The first kappa shape index (κ1) is 14.0. The standard InChI is InChI=1S/C12H17F3N2/c1-2-3-11(17-16)8-9-4-6-10(7-5-9)12(13,14)15/h4-7,11,17H,2-3,8,16H2,1H3. The van der Waals surface area contributed by atoms with E-state index in [-0.39, 0.29) is 6.04 Å². The maximum Gasteiger partial charge on any atom is 0.416 e. The molecular weight excluding hydrogens is 229 g/mol. The number of halogens is 3. The Morgan fingerprint density at radius 1 is 1.24 bits per heavy atom. The molecule has 1 aromatic carbocycles. The second-order valence-electron chi connectivity index (χ2n) is 4.05. The molecule has 5 heteroatoms. The third kappa shape index (κ3) is 4.36. The van der Waals surface area contributed by atoms with Crippen molar-refractivity contribution in [3.63, 3.8) is 0 Å². The Morgan fingerprint density at radius 3 is 2.24 bits per heavy atom. The van der Waals surface area contributed by atoms with Gasteiger partial charge in [0, 0.05) is 6.04 Å². The number of nitrogens with one attached hydrogen (secondary N) is 1. The van der Waals surface area contributed by atoms with Crippen molar-refractivity contribution in [2.45, 2.75) is 38.4 Å². The van der Waals surface area contributed by atoms with E-state index in [0.717, 1.165) is 30.5 Å². The predicted molar refractivity (Wildman–Crippen MR) is 61.2 cm³/mol. The van der Waals surface area contributed by atoms with E-state index in [0.29, 0.717) is 6.42 Å². The summed E-state index contributed by atoms with van der Waals surface area (Å²) in [6.07, 6.45) is -1.75. The van der Waals surface area contributed by atoms with Gasteiger partial charge in [0.1, 0.15) is 0 Å². The van der Waals surface area contributed by atoms with Crippen molar-refractivity contribution in [3.05, 3.63) is 35.4 Å². The second kappa shape index (κ2) is 6.02. The molecule has 0 heterocycles. The van der Waals surface area contributed by atoms with Crippen LogP contribution in [0.5, 0.6) is 0 Å². The van der Waals surface area contributed by atoms with Crippen LogP contribution in [0.4, 0.5) is 13.2 Å². The summed E-state index contributed by atoms with van der Waals surface area (Å²) < 4.78 is 37.0. The Balaban J connectivity index is 2.68. The van der Waals surface area contributed by atoms with E-state index >= 15 is 0 Å². The molecule has 96 valence electrons. The van der Waals surface area contributed by atoms with E-state index in [1.807, 2.05) is 6.92 Å². The van der Waals surface area contributed by atoms with Crippen LogP contribution in [0.3, 0.4) is 0 Å². The molecule has 0 amide bonds. The zero-order valence-corrected chi connectivity index (χ0v) is 9.72. The van der Waals surface area contributed by atoms with Gasteiger partial charge in [-0.05, 0) is 30.5 Å². The first-order chi connectivity index (χ1) is 7.97. The Morgan fingerprint density at radius 2 is 1.82 bits per heavy atom. The first-order valence-electron chi connectivity index (χ1n) is 5.59. The van der Waals surface area contributed by atoms with Crippen molar-refractivity contribution in [2.24, 2.45) is 5.84 Å². The minimum absolute atomic E-state index is 0.108. The lowest BCUT2D eigenvalue weighted by Gasteiger charge is -2.15. The van der Waals surface area contributed by atoms with Gasteiger partial charge in [0.05, 0.1) is 5.56 Å². The molecular formula is C12H17F3N2. The number of hydrazine groups is 1. The molecule has 0 spiro atoms. The van der Waals surface area contributed by atoms with Gasteiger partial charge in [0.25, 0.3) is 0 Å². The first-order valence-corrected chi connectivity index (χ1v) is 5.59. The number of hydrogen-bond acceptors (Lipinski definition) is 2. The third-order valence-electron chi connectivity index (χ3n) is 2.64. The zero-order valence-electron chi connectivity index (χ0n) is 9.72. The highest BCUT2D eigenvalue weighted by molar-refractivity contribution is 5.25. The average molecular weight is 246 g/mol. The maximum atomic E-state index is 12.3. The smallest absolute Gasteiger partial charge is 0.271 e. The lowest BCUT2D eigenvalue weighted by molar-refractivity contribution is -0.137. The molecule has 0 aliphatic rings. The molecule has 0 fully saturated rings. The molecule has 17 heavy (non-hydrogen) atoms. The van der Waals surface area contributed by atoms with E-state index < -0.39 is 11.7 Å². The molecule has 1 atom stereocenters. The van der Waals surface area contributed by atoms with Crippen LogP contribution in [-0.2, 0) is 12.6 Å². The van der Waals surface area contributed by atoms with Crippen molar-refractivity contribution in [1.82, 2.24) is 5.43 Å². The molecule has 0 saturated heterocycles. The summed E-state index contributed by atoms with van der Waals surface area (Å²) in [4.78, 5) is 0. The minimum Gasteiger partial charge on any atom is -0.271 e. The molecule has 0 aromatic heterocycles. The third-order valence-corrected chi connectivity index (χ3v) is 2.64. The predicted octanol–water partition coefficient (Wildman–Crippen LogP) is 2.88. The van der Waals surface area contributed by atoms with Crippen molar-refractivity contribution in [2.75, 3.05) is 0 Å². The highest BCUT2D eigenvalue weighted by Crippen LogP contribution is 2.29. The van der Waals surface area contributed by atoms with Crippen LogP contribution < -0.4 is 11.3 Å². The molecule has 0 aliphatic carbocycles. The monoisotopic (exact) mass is 246 g/mol. The fourth-order valence-electron chi connectivity index (χ4n) is 1.71. The van der Waals surface area contributed by atoms with Gasteiger partial charge < -0.3 is 0 Å². The molecule has 1 rings (SSSR count). The van der Waals surface area contributed by atoms with Crippen LogP contribution in [-0.4, -0.2) is 6.04 Å². The van der Waals surface area contributed by atoms with Gasteiger partial charge in [0.15, 0.2) is 0 Å². The minimum atomic E-state index is -4.27. The summed E-state index contributed by atoms with van der Waals surface area (Å²) in [5, 5.41) is 0. The SMILES string of the molecule is CCCC(Cc1ccc(C(F)(F)F)cc1)NN. The van der Waals surface area contributed by atoms with Crippen LogP contribution in [0.1, 0.15) is 30.9 Å². The Labute approximate surface area is 99.0 Å². The van der Waals surface area contributed by atoms with E-state index in [4.69, 9.17) is 5.84 Å². The average Bonchev–Trinajstić information content (AvgIpc) is 2.28. The van der Waals surface area contributed by atoms with Gasteiger partial charge in [-0.1, -0.05) is 25.5 Å². The maximum absolute atomic E-state index is 12.3. The number of alkyl halides is 3. The highest BCUT2D eigenvalue weighted by Gasteiger charge is 2.29. The molecule has 0 aliphatic heterocycles. The van der Waals surface area contributed by atoms with E-state index in [2.05, 4.69) is 5.43 Å². The van der Waals surface area contributed by atoms with Gasteiger partial charge in [-0.25, -0.2) is 0 Å². The Kier molecular flexibility index (Phi) is 4.96. The second-order valence-corrected chi connectivity index (χ2v) is 4.05. The fourth-order valence-corrected chi connectivity index (χ4v) is 1.71. The van der Waals surface area contributed by atoms with Crippen LogP contribution in [0.15, 0.2) is 24.3 Å². The lowest BCUT2D eigenvalue weighted by Crippen LogP contribution is -2.36. The van der Waals surface area contributed by atoms with Gasteiger partial charge in [0.2, 0.25) is 0 Å². The van der Waals surface area contributed by atoms with Gasteiger partial charge in [-0.3, -0.25) is 11.3 Å². The molecule has 0 radical (unpaired) electrons. The molecule has 1 aromatic rings. The van der Waals surface area contributed by atoms with E-state index in [1.54, 1.807) is 0 Å². The van der Waals surface area contributed by atoms with Crippen LogP contribution in [0.25, 0.3) is 0 Å². The summed E-state index contributed by atoms with van der Waals surface area (Å²) in [5.74, 6) is 5.38. The summed E-state index contributed by atoms with van der Waals surface area (Å²) in [6.45, 7) is 2.04. The molecule has 0 bridgehead atoms. The van der Waals surface area contributed by atoms with Crippen LogP contribution >= 0.6 is 0 Å². The quantitative estimate of drug-likeness (QED) is 0.619. The van der Waals surface area contributed by atoms with Crippen molar-refractivity contribution < 1.29 is 13.2 Å². The zero-order chi connectivity index (χ0) is 12.9.